The van der Waals surface area contributed by atoms with Crippen molar-refractivity contribution < 1.29 is 19.2 Å². The van der Waals surface area contributed by atoms with Crippen LogP contribution in [0.5, 0.6) is 0 Å². The smallest absolute Gasteiger partial charge is 0.322 e. The largest absolute Gasteiger partial charge is 0.347 e. The molecule has 0 aromatic heterocycles. The maximum atomic E-state index is 12.2. The Kier molecular flexibility index (Phi) is 5.96. The van der Waals surface area contributed by atoms with Crippen LogP contribution in [0.1, 0.15) is 51.0 Å². The predicted molar refractivity (Wildman–Crippen MR) is 103 cm³/mol. The van der Waals surface area contributed by atoms with Crippen LogP contribution < -0.4 is 21.3 Å². The number of hydrogen-bond acceptors (Lipinski definition) is 4. The van der Waals surface area contributed by atoms with Gasteiger partial charge in [-0.05, 0) is 43.4 Å². The summed E-state index contributed by atoms with van der Waals surface area (Å²) >= 11 is 0. The fourth-order valence-electron chi connectivity index (χ4n) is 3.76. The third-order valence-electron chi connectivity index (χ3n) is 5.41. The Morgan fingerprint density at radius 1 is 1.14 bits per heavy atom. The molecule has 2 aliphatic rings. The Balaban J connectivity index is 1.52. The summed E-state index contributed by atoms with van der Waals surface area (Å²) in [5, 5.41) is 10.2. The number of amides is 5. The van der Waals surface area contributed by atoms with Gasteiger partial charge in [0.15, 0.2) is 0 Å². The molecule has 1 aromatic carbocycles. The average Bonchev–Trinajstić information content (AvgIpc) is 2.94. The molecule has 8 nitrogen and oxygen atoms in total. The van der Waals surface area contributed by atoms with Crippen molar-refractivity contribution in [3.05, 3.63) is 29.8 Å². The molecule has 2 fully saturated rings. The Bertz CT molecular complexity index is 788. The number of benzene rings is 1. The summed E-state index contributed by atoms with van der Waals surface area (Å²) in [6.07, 6.45) is 6.21. The van der Waals surface area contributed by atoms with E-state index in [1.54, 1.807) is 31.2 Å². The summed E-state index contributed by atoms with van der Waals surface area (Å²) in [6, 6.07) is 6.15. The molecule has 150 valence electrons. The molecular weight excluding hydrogens is 360 g/mol. The third kappa shape index (κ3) is 4.68. The minimum absolute atomic E-state index is 0.103. The number of carbonyl (C=O) groups is 4. The van der Waals surface area contributed by atoms with Gasteiger partial charge in [0.1, 0.15) is 5.54 Å². The van der Waals surface area contributed by atoms with Crippen molar-refractivity contribution in [2.45, 2.75) is 51.0 Å². The first kappa shape index (κ1) is 19.9. The molecule has 8 heteroatoms. The molecule has 0 bridgehead atoms. The van der Waals surface area contributed by atoms with E-state index < -0.39 is 17.5 Å². The lowest BCUT2D eigenvalue weighted by Crippen LogP contribution is -2.40. The lowest BCUT2D eigenvalue weighted by atomic mass is 9.87. The zero-order valence-electron chi connectivity index (χ0n) is 16.0. The van der Waals surface area contributed by atoms with E-state index in [2.05, 4.69) is 21.3 Å². The molecule has 3 rings (SSSR count). The lowest BCUT2D eigenvalue weighted by Gasteiger charge is -2.22. The summed E-state index contributed by atoms with van der Waals surface area (Å²) in [6.45, 7) is 1.49. The molecule has 28 heavy (non-hydrogen) atoms. The van der Waals surface area contributed by atoms with Gasteiger partial charge in [0, 0.05) is 12.1 Å². The van der Waals surface area contributed by atoms with E-state index in [1.807, 2.05) is 0 Å². The van der Waals surface area contributed by atoms with Crippen molar-refractivity contribution >= 4 is 29.4 Å². The Hall–Kier alpha value is -2.90. The van der Waals surface area contributed by atoms with Crippen LogP contribution in [-0.2, 0) is 19.9 Å². The number of carbonyl (C=O) groups excluding carboxylic acids is 4. The molecule has 1 saturated carbocycles. The van der Waals surface area contributed by atoms with Gasteiger partial charge >= 0.3 is 6.03 Å². The maximum Gasteiger partial charge on any atom is 0.322 e. The quantitative estimate of drug-likeness (QED) is 0.558. The molecule has 1 atom stereocenters. The minimum Gasteiger partial charge on any atom is -0.347 e. The van der Waals surface area contributed by atoms with Crippen LogP contribution >= 0.6 is 0 Å². The Morgan fingerprint density at radius 3 is 2.57 bits per heavy atom. The van der Waals surface area contributed by atoms with Crippen molar-refractivity contribution in [2.75, 3.05) is 11.9 Å². The second-order valence-corrected chi connectivity index (χ2v) is 7.65. The number of urea groups is 1. The van der Waals surface area contributed by atoms with Gasteiger partial charge in [0.25, 0.3) is 5.91 Å². The topological polar surface area (TPSA) is 116 Å². The van der Waals surface area contributed by atoms with Crippen LogP contribution in [0.3, 0.4) is 0 Å². The standard InChI is InChI=1S/C20H26N4O4/c1-20(18(27)23-19(28)24-20)14-8-5-9-15(11-14)22-17(26)12-21-16(25)10-13-6-3-2-4-7-13/h5,8-9,11,13H,2-4,6-7,10,12H2,1H3,(H,21,25)(H,22,26)(H2,23,24,27,28). The zero-order chi connectivity index (χ0) is 20.1. The summed E-state index contributed by atoms with van der Waals surface area (Å²) in [7, 11) is 0. The first-order chi connectivity index (χ1) is 13.4. The molecule has 1 saturated heterocycles. The van der Waals surface area contributed by atoms with Crippen molar-refractivity contribution in [3.63, 3.8) is 0 Å². The highest BCUT2D eigenvalue weighted by Crippen LogP contribution is 2.27. The molecule has 0 radical (unpaired) electrons. The molecule has 1 aliphatic heterocycles. The Labute approximate surface area is 163 Å². The second-order valence-electron chi connectivity index (χ2n) is 7.65. The highest BCUT2D eigenvalue weighted by atomic mass is 16.2. The number of anilines is 1. The van der Waals surface area contributed by atoms with Gasteiger partial charge < -0.3 is 16.0 Å². The van der Waals surface area contributed by atoms with E-state index in [9.17, 15) is 19.2 Å². The SMILES string of the molecule is CC1(c2cccc(NC(=O)CNC(=O)CC3CCCCC3)c2)NC(=O)NC1=O. The van der Waals surface area contributed by atoms with E-state index in [-0.39, 0.29) is 18.4 Å². The van der Waals surface area contributed by atoms with Crippen LogP contribution in [0, 0.1) is 5.92 Å². The third-order valence-corrected chi connectivity index (χ3v) is 5.41. The van der Waals surface area contributed by atoms with E-state index in [0.29, 0.717) is 23.6 Å². The molecule has 1 aromatic rings. The number of nitrogens with one attached hydrogen (secondary N) is 4. The number of rotatable bonds is 6. The van der Waals surface area contributed by atoms with Crippen molar-refractivity contribution in [1.29, 1.82) is 0 Å². The highest BCUT2D eigenvalue weighted by Gasteiger charge is 2.43. The van der Waals surface area contributed by atoms with Crippen LogP contribution in [0.15, 0.2) is 24.3 Å². The van der Waals surface area contributed by atoms with Gasteiger partial charge in [-0.2, -0.15) is 0 Å². The average molecular weight is 386 g/mol. The summed E-state index contributed by atoms with van der Waals surface area (Å²) in [5.41, 5.74) is -0.152. The normalized spacial score (nSPS) is 22.3. The first-order valence-electron chi connectivity index (χ1n) is 9.67. The fraction of sp³-hybridized carbons (Fsp3) is 0.500. The highest BCUT2D eigenvalue weighted by molar-refractivity contribution is 6.07. The van der Waals surface area contributed by atoms with Crippen molar-refractivity contribution in [2.24, 2.45) is 5.92 Å². The Morgan fingerprint density at radius 2 is 1.89 bits per heavy atom. The van der Waals surface area contributed by atoms with Crippen LogP contribution in [0.2, 0.25) is 0 Å². The van der Waals surface area contributed by atoms with Crippen LogP contribution in [0.25, 0.3) is 0 Å². The summed E-state index contributed by atoms with van der Waals surface area (Å²) in [5.74, 6) is -0.481. The van der Waals surface area contributed by atoms with Gasteiger partial charge in [0.05, 0.1) is 6.54 Å². The molecular formula is C20H26N4O4. The van der Waals surface area contributed by atoms with E-state index in [1.165, 1.54) is 19.3 Å². The molecule has 1 unspecified atom stereocenters. The summed E-state index contributed by atoms with van der Waals surface area (Å²) in [4.78, 5) is 47.7. The second kappa shape index (κ2) is 8.41. The predicted octanol–water partition coefficient (Wildman–Crippen LogP) is 1.77. The maximum absolute atomic E-state index is 12.2. The summed E-state index contributed by atoms with van der Waals surface area (Å²) < 4.78 is 0. The molecule has 4 N–H and O–H groups in total. The molecule has 1 heterocycles. The van der Waals surface area contributed by atoms with Crippen molar-refractivity contribution in [3.8, 4) is 0 Å². The van der Waals surface area contributed by atoms with Gasteiger partial charge in [-0.3, -0.25) is 19.7 Å². The van der Waals surface area contributed by atoms with Crippen LogP contribution in [0.4, 0.5) is 10.5 Å². The van der Waals surface area contributed by atoms with Crippen LogP contribution in [-0.4, -0.2) is 30.3 Å². The van der Waals surface area contributed by atoms with Gasteiger partial charge in [-0.1, -0.05) is 31.4 Å². The zero-order valence-corrected chi connectivity index (χ0v) is 16.0. The van der Waals surface area contributed by atoms with Gasteiger partial charge in [-0.25, -0.2) is 4.79 Å². The minimum atomic E-state index is -1.19. The van der Waals surface area contributed by atoms with E-state index >= 15 is 0 Å². The van der Waals surface area contributed by atoms with E-state index in [4.69, 9.17) is 0 Å². The molecule has 0 spiro atoms. The van der Waals surface area contributed by atoms with Gasteiger partial charge in [0.2, 0.25) is 11.8 Å². The number of hydrogen-bond donors (Lipinski definition) is 4. The van der Waals surface area contributed by atoms with Gasteiger partial charge in [-0.15, -0.1) is 0 Å². The lowest BCUT2D eigenvalue weighted by molar-refractivity contribution is -0.125. The monoisotopic (exact) mass is 386 g/mol. The number of imide groups is 1. The van der Waals surface area contributed by atoms with Crippen molar-refractivity contribution in [1.82, 2.24) is 16.0 Å². The molecule has 1 aliphatic carbocycles. The van der Waals surface area contributed by atoms with E-state index in [0.717, 1.165) is 12.8 Å². The fourth-order valence-corrected chi connectivity index (χ4v) is 3.76. The first-order valence-corrected chi connectivity index (χ1v) is 9.67. The molecule has 5 amide bonds.